The molecule has 4 aromatic heterocycles. The number of H-pyrrole nitrogens is 1. The third kappa shape index (κ3) is 27.5. The fraction of sp³-hybridized carbons (Fsp3) is 0.676. The van der Waals surface area contributed by atoms with Gasteiger partial charge in [-0.15, -0.1) is 22.7 Å². The number of imidazole rings is 1. The second-order valence-corrected chi connectivity index (χ2v) is 30.3. The van der Waals surface area contributed by atoms with Crippen LogP contribution in [-0.2, 0) is 61.9 Å². The monoisotopic (exact) mass is 1730 g/mol. The van der Waals surface area contributed by atoms with Crippen LogP contribution in [0.3, 0.4) is 0 Å². The average molecular weight is 1730 g/mol. The maximum Gasteiger partial charge on any atom is 0.404 e. The average Bonchev–Trinajstić information content (AvgIpc) is 1.21. The number of nitrogens with one attached hydrogen (secondary N) is 9. The van der Waals surface area contributed by atoms with Crippen molar-refractivity contribution < 1.29 is 132 Å². The highest BCUT2D eigenvalue weighted by Crippen LogP contribution is 2.36. The SMILES string of the molecule is Cc1c(N)nc(C(CC(N)=O)NCC(N)C(N)=O)nc1C(=O)NC(C(=O)NC(C)C(O)CC(=O)NC(C(=O)NC(O[C@@H]1O[C@@H](C)[C@@H](N)[C@@H](O)[C@H]1O)C(O)c1nc(-c2nc(C(=O)NCCCC(N)CC(=O)NCCCNCCCCN)cs2)cs1)C(C)O)C(O[C@@H]1O[C@@H](CO)[C@@H](O)[C@H](O)[C@@H]1O[C@H]1O[C@H](CO)[C@@H](O)[C@H](OC(N)=O)[C@@H]1O)c1c[nH]cn1. The van der Waals surface area contributed by atoms with Crippen LogP contribution >= 0.6 is 22.7 Å². The molecule has 0 bridgehead atoms. The predicted molar refractivity (Wildman–Crippen MR) is 412 cm³/mol. The molecule has 3 fully saturated rings. The van der Waals surface area contributed by atoms with E-state index in [0.29, 0.717) is 25.9 Å². The third-order valence-corrected chi connectivity index (χ3v) is 21.1. The van der Waals surface area contributed by atoms with Gasteiger partial charge in [0.2, 0.25) is 35.4 Å². The number of hydrogen-bond donors (Lipinski definition) is 28. The van der Waals surface area contributed by atoms with E-state index in [4.69, 9.17) is 79.0 Å². The van der Waals surface area contributed by atoms with E-state index in [1.54, 1.807) is 0 Å². The standard InChI is InChI=1S/C68H110N22O27S2/c1-25-42(87-57(89-55(25)74)31(16-38(72)95)81-18-30(71)56(75)105)59(107)88-44(52(32-19-78-24-82-32)114-67-54(48(101)45(98)36(20-91)113-67)115-66-50(103)53(116-68(76)110)46(99)37(21-92)112-66)61(109)83-26(2)35(94)17-40(97)86-43(27(3)93)60(108)90-62(117-65-49(102)47(100)41(73)28(4)111-65)51(104)64-85-34(23-119-64)63-84-33(22-118-63)58(106)80-13-7-9-29(70)15-39(96)79-14-8-12-77-11-6-5-10-69/h19,22-24,26-31,35-37,41,43-54,62,65-67,77,81,91-94,98-104H,5-18,20-21,69-71,73H2,1-4H3,(H2,72,95)(H2,75,105)(H2,76,110)(H,78,82)(H,79,96)(H,80,106)(H,83,109)(H,86,97)(H,88,107)(H,90,108)(H2,74,87,89)/t26?,27?,28-,29?,30?,31?,35?,36-,37+,41+,43?,44?,45+,46+,47+,48-,49+,50-,51?,52?,53-,54-,62?,65-,66+,67-/m0/s1. The molecule has 7 rings (SSSR count). The Hall–Kier alpha value is -8.54. The Labute approximate surface area is 687 Å². The van der Waals surface area contributed by atoms with Crippen LogP contribution in [0.4, 0.5) is 10.6 Å². The van der Waals surface area contributed by atoms with Crippen molar-refractivity contribution >= 4 is 81.8 Å². The number of anilines is 1. The number of hydrogen-bond acceptors (Lipinski definition) is 41. The van der Waals surface area contributed by atoms with Crippen molar-refractivity contribution in [3.05, 3.63) is 56.8 Å². The van der Waals surface area contributed by atoms with Crippen LogP contribution in [0.5, 0.6) is 0 Å². The molecule has 51 heteroatoms. The molecule has 49 nitrogen and oxygen atoms in total. The minimum absolute atomic E-state index is 0.00951. The summed E-state index contributed by atoms with van der Waals surface area (Å²) in [7, 11) is 0. The smallest absolute Gasteiger partial charge is 0.404 e. The lowest BCUT2D eigenvalue weighted by atomic mass is 9.97. The van der Waals surface area contributed by atoms with Gasteiger partial charge in [0.15, 0.2) is 37.3 Å². The van der Waals surface area contributed by atoms with E-state index in [1.807, 2.05) is 0 Å². The molecule has 4 aromatic rings. The van der Waals surface area contributed by atoms with E-state index >= 15 is 9.59 Å². The molecule has 3 aliphatic heterocycles. The molecule has 0 radical (unpaired) electrons. The number of rotatable bonds is 47. The molecular formula is C68H110N22O27S2. The number of primary amides is 3. The number of carbonyl (C=O) groups is 9. The van der Waals surface area contributed by atoms with Crippen molar-refractivity contribution in [1.29, 1.82) is 0 Å². The molecule has 36 N–H and O–H groups in total. The maximum absolute atomic E-state index is 15.3. The Balaban J connectivity index is 1.11. The van der Waals surface area contributed by atoms with E-state index in [-0.39, 0.29) is 51.5 Å². The number of aliphatic hydroxyl groups is 11. The molecule has 0 saturated carbocycles. The van der Waals surface area contributed by atoms with Gasteiger partial charge in [-0.1, -0.05) is 0 Å². The molecule has 9 amide bonds. The highest BCUT2D eigenvalue weighted by Gasteiger charge is 2.54. The first-order chi connectivity index (χ1) is 56.4. The molecular weight excluding hydrogens is 1620 g/mol. The first kappa shape index (κ1) is 97.6. The zero-order chi connectivity index (χ0) is 87.8. The number of nitrogens with zero attached hydrogens (tertiary/aromatic N) is 5. The van der Waals surface area contributed by atoms with Crippen molar-refractivity contribution in [3.63, 3.8) is 0 Å². The maximum atomic E-state index is 15.3. The Bertz CT molecular complexity index is 3960. The molecule has 0 aromatic carbocycles. The normalized spacial score (nSPS) is 26.0. The summed E-state index contributed by atoms with van der Waals surface area (Å²) >= 11 is 1.84. The number of aromatic amines is 1. The lowest BCUT2D eigenvalue weighted by molar-refractivity contribution is -0.372. The lowest BCUT2D eigenvalue weighted by Crippen LogP contribution is -2.65. The molecule has 666 valence electrons. The molecule has 3 saturated heterocycles. The first-order valence-corrected chi connectivity index (χ1v) is 39.7. The topological polar surface area (TPSA) is 825 Å². The Morgan fingerprint density at radius 1 is 0.681 bits per heavy atom. The van der Waals surface area contributed by atoms with Crippen LogP contribution < -0.4 is 88.4 Å². The van der Waals surface area contributed by atoms with Gasteiger partial charge in [0.25, 0.3) is 11.8 Å². The Morgan fingerprint density at radius 2 is 1.36 bits per heavy atom. The van der Waals surface area contributed by atoms with Gasteiger partial charge in [0.1, 0.15) is 112 Å². The van der Waals surface area contributed by atoms with Crippen molar-refractivity contribution in [1.82, 2.24) is 72.4 Å². The fourth-order valence-electron chi connectivity index (χ4n) is 12.4. The molecule has 0 aliphatic carbocycles. The summed E-state index contributed by atoms with van der Waals surface area (Å²) in [5.41, 5.74) is 45.0. The van der Waals surface area contributed by atoms with E-state index in [9.17, 15) is 89.7 Å². The van der Waals surface area contributed by atoms with E-state index in [2.05, 4.69) is 72.4 Å². The number of nitrogen functional groups attached to an aromatic ring is 1. The van der Waals surface area contributed by atoms with Gasteiger partial charge >= 0.3 is 6.09 Å². The highest BCUT2D eigenvalue weighted by molar-refractivity contribution is 7.14. The van der Waals surface area contributed by atoms with Gasteiger partial charge in [-0.3, -0.25) is 38.4 Å². The minimum Gasteiger partial charge on any atom is -0.441 e. The number of aromatic nitrogens is 6. The predicted octanol–water partition coefficient (Wildman–Crippen LogP) is -11.3. The van der Waals surface area contributed by atoms with Crippen molar-refractivity contribution in [2.45, 2.75) is 238 Å². The van der Waals surface area contributed by atoms with E-state index in [0.717, 1.165) is 81.4 Å². The Morgan fingerprint density at radius 3 is 2.02 bits per heavy atom. The summed E-state index contributed by atoms with van der Waals surface area (Å²) in [5, 5.41) is 147. The summed E-state index contributed by atoms with van der Waals surface area (Å²) < 4.78 is 40.4. The summed E-state index contributed by atoms with van der Waals surface area (Å²) in [6, 6.07) is -10.2. The van der Waals surface area contributed by atoms with Crippen LogP contribution in [0.1, 0.15) is 133 Å². The summed E-state index contributed by atoms with van der Waals surface area (Å²) in [5.74, 6) is -8.65. The minimum atomic E-state index is -2.28. The Kier molecular flexibility index (Phi) is 38.1. The van der Waals surface area contributed by atoms with Crippen LogP contribution in [0.2, 0.25) is 0 Å². The van der Waals surface area contributed by atoms with Gasteiger partial charge < -0.3 is 183 Å². The highest BCUT2D eigenvalue weighted by atomic mass is 32.1. The molecule has 3 aliphatic rings. The quantitative estimate of drug-likeness (QED) is 0.0144. The first-order valence-electron chi connectivity index (χ1n) is 37.9. The number of aliphatic hydroxyl groups excluding tert-OH is 11. The number of unbranched alkanes of at least 4 members (excludes halogenated alkanes) is 1. The summed E-state index contributed by atoms with van der Waals surface area (Å²) in [4.78, 5) is 145. The molecule has 7 heterocycles. The number of nitrogens with two attached hydrogens (primary N) is 8. The zero-order valence-electron chi connectivity index (χ0n) is 65.3. The van der Waals surface area contributed by atoms with E-state index < -0.39 is 256 Å². The van der Waals surface area contributed by atoms with Crippen LogP contribution in [0.25, 0.3) is 10.7 Å². The molecule has 26 atom stereocenters. The van der Waals surface area contributed by atoms with Gasteiger partial charge in [-0.05, 0) is 79.4 Å². The van der Waals surface area contributed by atoms with Gasteiger partial charge in [-0.2, -0.15) is 0 Å². The molecule has 0 spiro atoms. The molecule has 11 unspecified atom stereocenters. The number of thiazole rings is 2. The fourth-order valence-corrected chi connectivity index (χ4v) is 14.0. The third-order valence-electron chi connectivity index (χ3n) is 19.3. The second-order valence-electron chi connectivity index (χ2n) is 28.6. The number of amides is 9. The van der Waals surface area contributed by atoms with Crippen LogP contribution in [0.15, 0.2) is 23.3 Å². The van der Waals surface area contributed by atoms with Gasteiger partial charge in [0.05, 0.1) is 74.1 Å². The number of ether oxygens (including phenoxy) is 7. The van der Waals surface area contributed by atoms with Gasteiger partial charge in [-0.25, -0.2) is 29.7 Å². The van der Waals surface area contributed by atoms with Crippen LogP contribution in [0, 0.1) is 6.92 Å². The van der Waals surface area contributed by atoms with Crippen molar-refractivity contribution in [3.8, 4) is 10.7 Å². The molecule has 119 heavy (non-hydrogen) atoms. The lowest BCUT2D eigenvalue weighted by Gasteiger charge is -2.47. The summed E-state index contributed by atoms with van der Waals surface area (Å²) in [6.45, 7) is 5.32. The second kappa shape index (κ2) is 46.5. The van der Waals surface area contributed by atoms with E-state index in [1.165, 1.54) is 24.6 Å². The van der Waals surface area contributed by atoms with Gasteiger partial charge in [0, 0.05) is 61.0 Å². The van der Waals surface area contributed by atoms with Crippen molar-refractivity contribution in [2.24, 2.45) is 40.1 Å². The largest absolute Gasteiger partial charge is 0.441 e. The van der Waals surface area contributed by atoms with Crippen molar-refractivity contribution in [2.75, 3.05) is 58.2 Å². The van der Waals surface area contributed by atoms with Crippen LogP contribution in [-0.4, -0.2) is 333 Å². The summed E-state index contributed by atoms with van der Waals surface area (Å²) in [6.07, 6.45) is -34.5. The number of carbonyl (C=O) groups excluding carboxylic acids is 9. The zero-order valence-corrected chi connectivity index (χ0v) is 66.9.